The number of benzene rings is 2. The van der Waals surface area contributed by atoms with Crippen LogP contribution < -0.4 is 15.6 Å². The molecule has 1 amide bonds. The highest BCUT2D eigenvalue weighted by Gasteiger charge is 2.17. The molecule has 0 atom stereocenters. The number of methoxy groups -OCH3 is 1. The molecule has 0 unspecified atom stereocenters. The molecular formula is C22H19N3O3S. The average Bonchev–Trinajstić information content (AvgIpc) is 3.05. The maximum Gasteiger partial charge on any atom is 0.259 e. The summed E-state index contributed by atoms with van der Waals surface area (Å²) < 4.78 is 5.24. The van der Waals surface area contributed by atoms with Crippen molar-refractivity contribution in [2.24, 2.45) is 0 Å². The first kappa shape index (κ1) is 18.9. The van der Waals surface area contributed by atoms with Crippen LogP contribution in [0.4, 0.5) is 5.69 Å². The Hall–Kier alpha value is -3.45. The molecule has 2 heterocycles. The topological polar surface area (TPSA) is 84.1 Å². The highest BCUT2D eigenvalue weighted by Crippen LogP contribution is 2.35. The summed E-state index contributed by atoms with van der Waals surface area (Å²) in [5, 5.41) is 3.37. The zero-order valence-electron chi connectivity index (χ0n) is 16.0. The molecule has 2 aromatic heterocycles. The van der Waals surface area contributed by atoms with Crippen molar-refractivity contribution in [3.8, 4) is 16.2 Å². The Balaban J connectivity index is 1.63. The van der Waals surface area contributed by atoms with E-state index in [0.717, 1.165) is 16.0 Å². The summed E-state index contributed by atoms with van der Waals surface area (Å²) in [6.07, 6.45) is -0.0408. The number of hydrogen-bond donors (Lipinski definition) is 2. The Labute approximate surface area is 171 Å². The molecule has 0 aliphatic rings. The minimum atomic E-state index is -0.284. The lowest BCUT2D eigenvalue weighted by molar-refractivity contribution is -0.115. The number of rotatable bonds is 5. The van der Waals surface area contributed by atoms with Gasteiger partial charge in [-0.2, -0.15) is 0 Å². The fourth-order valence-corrected chi connectivity index (χ4v) is 4.44. The summed E-state index contributed by atoms with van der Waals surface area (Å²) >= 11 is 1.46. The smallest absolute Gasteiger partial charge is 0.259 e. The standard InChI is InChI=1S/C22H19N3O3S/c1-13-19-21(27)24-17(12-18(26)23-15-10-6-7-11-16(15)28-2)25-22(19)29-20(13)14-8-4-3-5-9-14/h3-11H,12H2,1-2H3,(H,23,26)(H,24,25,27). The summed E-state index contributed by atoms with van der Waals surface area (Å²) in [7, 11) is 1.54. The van der Waals surface area contributed by atoms with Crippen molar-refractivity contribution < 1.29 is 9.53 Å². The van der Waals surface area contributed by atoms with Gasteiger partial charge >= 0.3 is 0 Å². The zero-order valence-corrected chi connectivity index (χ0v) is 16.8. The number of ether oxygens (including phenoxy) is 1. The predicted octanol–water partition coefficient (Wildman–Crippen LogP) is 4.15. The fourth-order valence-electron chi connectivity index (χ4n) is 3.23. The van der Waals surface area contributed by atoms with Gasteiger partial charge in [-0.15, -0.1) is 11.3 Å². The van der Waals surface area contributed by atoms with E-state index >= 15 is 0 Å². The number of nitrogens with one attached hydrogen (secondary N) is 2. The molecule has 0 fully saturated rings. The van der Waals surface area contributed by atoms with Gasteiger partial charge in [0.25, 0.3) is 5.56 Å². The number of aromatic amines is 1. The van der Waals surface area contributed by atoms with Gasteiger partial charge in [0.15, 0.2) is 0 Å². The van der Waals surface area contributed by atoms with Gasteiger partial charge in [0.2, 0.25) is 5.91 Å². The van der Waals surface area contributed by atoms with Crippen LogP contribution in [0.2, 0.25) is 0 Å². The van der Waals surface area contributed by atoms with Gasteiger partial charge in [-0.1, -0.05) is 42.5 Å². The highest BCUT2D eigenvalue weighted by atomic mass is 32.1. The van der Waals surface area contributed by atoms with E-state index in [1.54, 1.807) is 19.2 Å². The number of H-pyrrole nitrogens is 1. The minimum absolute atomic E-state index is 0.0408. The second-order valence-electron chi connectivity index (χ2n) is 6.54. The molecular weight excluding hydrogens is 386 g/mol. The van der Waals surface area contributed by atoms with Crippen molar-refractivity contribution in [1.29, 1.82) is 0 Å². The fraction of sp³-hybridized carbons (Fsp3) is 0.136. The van der Waals surface area contributed by atoms with Crippen LogP contribution in [-0.2, 0) is 11.2 Å². The van der Waals surface area contributed by atoms with E-state index < -0.39 is 0 Å². The number of hydrogen-bond acceptors (Lipinski definition) is 5. The van der Waals surface area contributed by atoms with Crippen molar-refractivity contribution in [3.05, 3.63) is 76.3 Å². The quantitative estimate of drug-likeness (QED) is 0.522. The normalized spacial score (nSPS) is 10.8. The maximum absolute atomic E-state index is 12.7. The Kier molecular flexibility index (Phi) is 5.14. The van der Waals surface area contributed by atoms with Crippen molar-refractivity contribution in [2.45, 2.75) is 13.3 Å². The van der Waals surface area contributed by atoms with E-state index in [1.165, 1.54) is 11.3 Å². The molecule has 0 aliphatic carbocycles. The number of carbonyl (C=O) groups is 1. The van der Waals surface area contributed by atoms with Crippen molar-refractivity contribution >= 4 is 33.1 Å². The summed E-state index contributed by atoms with van der Waals surface area (Å²) in [5.74, 6) is 0.614. The lowest BCUT2D eigenvalue weighted by atomic mass is 10.1. The molecule has 0 bridgehead atoms. The summed E-state index contributed by atoms with van der Waals surface area (Å²) in [6, 6.07) is 17.0. The van der Waals surface area contributed by atoms with Crippen molar-refractivity contribution in [2.75, 3.05) is 12.4 Å². The number of amides is 1. The predicted molar refractivity (Wildman–Crippen MR) is 116 cm³/mol. The van der Waals surface area contributed by atoms with E-state index in [4.69, 9.17) is 4.74 Å². The SMILES string of the molecule is COc1ccccc1NC(=O)Cc1nc2sc(-c3ccccc3)c(C)c2c(=O)[nH]1. The van der Waals surface area contributed by atoms with Crippen LogP contribution in [0, 0.1) is 6.92 Å². The Bertz CT molecular complexity index is 1250. The third-order valence-corrected chi connectivity index (χ3v) is 5.83. The Morgan fingerprint density at radius 1 is 1.14 bits per heavy atom. The largest absolute Gasteiger partial charge is 0.495 e. The lowest BCUT2D eigenvalue weighted by Gasteiger charge is -2.09. The van der Waals surface area contributed by atoms with Crippen LogP contribution in [0.15, 0.2) is 59.4 Å². The van der Waals surface area contributed by atoms with E-state index in [2.05, 4.69) is 15.3 Å². The van der Waals surface area contributed by atoms with E-state index in [0.29, 0.717) is 27.5 Å². The molecule has 146 valence electrons. The van der Waals surface area contributed by atoms with Crippen molar-refractivity contribution in [1.82, 2.24) is 9.97 Å². The maximum atomic E-state index is 12.7. The average molecular weight is 405 g/mol. The van der Waals surface area contributed by atoms with E-state index in [9.17, 15) is 9.59 Å². The Morgan fingerprint density at radius 2 is 1.86 bits per heavy atom. The number of thiophene rings is 1. The van der Waals surface area contributed by atoms with Crippen LogP contribution in [0.1, 0.15) is 11.4 Å². The van der Waals surface area contributed by atoms with Crippen LogP contribution in [0.5, 0.6) is 5.75 Å². The molecule has 0 saturated carbocycles. The summed E-state index contributed by atoms with van der Waals surface area (Å²) in [4.78, 5) is 34.1. The summed E-state index contributed by atoms with van der Waals surface area (Å²) in [5.41, 5.74) is 2.28. The molecule has 0 saturated heterocycles. The minimum Gasteiger partial charge on any atom is -0.495 e. The van der Waals surface area contributed by atoms with E-state index in [1.807, 2.05) is 49.4 Å². The van der Waals surface area contributed by atoms with Crippen LogP contribution >= 0.6 is 11.3 Å². The molecule has 4 aromatic rings. The van der Waals surface area contributed by atoms with Crippen LogP contribution in [-0.4, -0.2) is 23.0 Å². The molecule has 2 N–H and O–H groups in total. The molecule has 7 heteroatoms. The van der Waals surface area contributed by atoms with Gasteiger partial charge in [0.05, 0.1) is 24.6 Å². The monoisotopic (exact) mass is 405 g/mol. The van der Waals surface area contributed by atoms with Crippen molar-refractivity contribution in [3.63, 3.8) is 0 Å². The first-order chi connectivity index (χ1) is 14.1. The Morgan fingerprint density at radius 3 is 2.62 bits per heavy atom. The number of aromatic nitrogens is 2. The second kappa shape index (κ2) is 7.89. The molecule has 4 rings (SSSR count). The number of para-hydroxylation sites is 2. The van der Waals surface area contributed by atoms with Crippen LogP contribution in [0.3, 0.4) is 0 Å². The zero-order chi connectivity index (χ0) is 20.4. The number of fused-ring (bicyclic) bond motifs is 1. The van der Waals surface area contributed by atoms with Gasteiger partial charge < -0.3 is 15.0 Å². The third-order valence-electron chi connectivity index (χ3n) is 4.59. The van der Waals surface area contributed by atoms with Gasteiger partial charge in [-0.25, -0.2) is 4.98 Å². The first-order valence-electron chi connectivity index (χ1n) is 9.07. The van der Waals surface area contributed by atoms with Gasteiger partial charge in [-0.05, 0) is 30.2 Å². The molecule has 2 aromatic carbocycles. The molecule has 29 heavy (non-hydrogen) atoms. The number of carbonyl (C=O) groups excluding carboxylic acids is 1. The van der Waals surface area contributed by atoms with E-state index in [-0.39, 0.29) is 17.9 Å². The molecule has 0 aliphatic heterocycles. The molecule has 0 radical (unpaired) electrons. The van der Waals surface area contributed by atoms with Gasteiger partial charge in [0.1, 0.15) is 16.4 Å². The lowest BCUT2D eigenvalue weighted by Crippen LogP contribution is -2.19. The third kappa shape index (κ3) is 3.77. The molecule has 0 spiro atoms. The molecule has 6 nitrogen and oxygen atoms in total. The number of aryl methyl sites for hydroxylation is 1. The van der Waals surface area contributed by atoms with Gasteiger partial charge in [0, 0.05) is 4.88 Å². The van der Waals surface area contributed by atoms with Crippen LogP contribution in [0.25, 0.3) is 20.7 Å². The number of anilines is 1. The second-order valence-corrected chi connectivity index (χ2v) is 7.54. The number of nitrogens with zero attached hydrogens (tertiary/aromatic N) is 1. The first-order valence-corrected chi connectivity index (χ1v) is 9.89. The van der Waals surface area contributed by atoms with Gasteiger partial charge in [-0.3, -0.25) is 9.59 Å². The summed E-state index contributed by atoms with van der Waals surface area (Å²) in [6.45, 7) is 1.92. The highest BCUT2D eigenvalue weighted by molar-refractivity contribution is 7.22.